The van der Waals surface area contributed by atoms with E-state index < -0.39 is 30.5 Å². The molecule has 4 rings (SSSR count). The fraction of sp³-hybridized carbons (Fsp3) is 0.0833. The van der Waals surface area contributed by atoms with Gasteiger partial charge in [0.1, 0.15) is 17.2 Å². The van der Waals surface area contributed by atoms with E-state index in [0.29, 0.717) is 16.9 Å². The highest BCUT2D eigenvalue weighted by Crippen LogP contribution is 2.35. The Bertz CT molecular complexity index is 1410. The smallest absolute Gasteiger partial charge is 0.481 e. The van der Waals surface area contributed by atoms with Crippen molar-refractivity contribution in [3.05, 3.63) is 78.0 Å². The molecule has 35 heavy (non-hydrogen) atoms. The molecule has 0 saturated heterocycles. The van der Waals surface area contributed by atoms with Crippen LogP contribution in [0, 0.1) is 0 Å². The van der Waals surface area contributed by atoms with Gasteiger partial charge in [-0.25, -0.2) is 4.79 Å². The summed E-state index contributed by atoms with van der Waals surface area (Å²) in [6.45, 7) is 0. The van der Waals surface area contributed by atoms with Crippen molar-refractivity contribution in [2.24, 2.45) is 0 Å². The maximum absolute atomic E-state index is 12.3. The molecule has 0 aliphatic heterocycles. The fourth-order valence-corrected chi connectivity index (χ4v) is 3.70. The first kappa shape index (κ1) is 23.5. The van der Waals surface area contributed by atoms with Crippen molar-refractivity contribution < 1.29 is 42.4 Å². The van der Waals surface area contributed by atoms with Gasteiger partial charge in [-0.05, 0) is 66.7 Å². The average molecular weight is 486 g/mol. The van der Waals surface area contributed by atoms with Crippen LogP contribution in [0.4, 0.5) is 18.9 Å². The van der Waals surface area contributed by atoms with Crippen LogP contribution in [-0.4, -0.2) is 33.1 Å². The molecule has 0 atom stereocenters. The highest BCUT2D eigenvalue weighted by atomic mass is 19.4. The van der Waals surface area contributed by atoms with E-state index in [4.69, 9.17) is 10.5 Å². The van der Waals surface area contributed by atoms with E-state index in [1.54, 1.807) is 30.3 Å². The first-order chi connectivity index (χ1) is 16.5. The molecule has 11 heteroatoms. The second-order valence-electron chi connectivity index (χ2n) is 7.42. The molecule has 0 fully saturated rings. The van der Waals surface area contributed by atoms with Gasteiger partial charge in [-0.1, -0.05) is 0 Å². The number of nitrogens with zero attached hydrogens (tertiary/aromatic N) is 1. The number of fused-ring (bicyclic) bond motifs is 1. The number of aromatic carboxylic acids is 1. The first-order valence-corrected chi connectivity index (χ1v) is 10.0. The number of carbonyl (C=O) groups is 2. The highest BCUT2D eigenvalue weighted by Gasteiger charge is 2.31. The van der Waals surface area contributed by atoms with Crippen molar-refractivity contribution in [3.63, 3.8) is 0 Å². The number of benzene rings is 3. The van der Waals surface area contributed by atoms with Crippen molar-refractivity contribution in [1.29, 1.82) is 0 Å². The molecule has 0 amide bonds. The Balaban J connectivity index is 1.79. The zero-order valence-electron chi connectivity index (χ0n) is 17.7. The van der Waals surface area contributed by atoms with Crippen molar-refractivity contribution in [2.45, 2.75) is 12.8 Å². The number of hydrogen-bond donors (Lipinski definition) is 3. The van der Waals surface area contributed by atoms with Gasteiger partial charge in [0.15, 0.2) is 0 Å². The Hall–Kier alpha value is -4.67. The van der Waals surface area contributed by atoms with Crippen LogP contribution in [-0.2, 0) is 11.2 Å². The topological polar surface area (TPSA) is 124 Å². The number of carboxylic acid groups (broad SMARTS) is 2. The number of nitrogen functional groups attached to an aromatic ring is 1. The summed E-state index contributed by atoms with van der Waals surface area (Å²) in [5, 5.41) is 19.6. The van der Waals surface area contributed by atoms with Gasteiger partial charge < -0.3 is 30.0 Å². The van der Waals surface area contributed by atoms with E-state index in [-0.39, 0.29) is 28.1 Å². The molecule has 0 aliphatic carbocycles. The number of carboxylic acids is 2. The quantitative estimate of drug-likeness (QED) is 0.306. The molecule has 1 aromatic heterocycles. The van der Waals surface area contributed by atoms with Crippen LogP contribution in [0.3, 0.4) is 0 Å². The van der Waals surface area contributed by atoms with E-state index in [1.807, 2.05) is 0 Å². The number of anilines is 1. The van der Waals surface area contributed by atoms with Gasteiger partial charge in [0.05, 0.1) is 17.5 Å². The SMILES string of the molecule is Nc1ccc(-n2c(CC(=O)O)c(C(=O)O)c3cc(Oc4ccc(OC(F)(F)F)cc4)ccc32)cc1. The molecule has 180 valence electrons. The van der Waals surface area contributed by atoms with Crippen LogP contribution in [0.2, 0.25) is 0 Å². The van der Waals surface area contributed by atoms with E-state index in [0.717, 1.165) is 12.1 Å². The summed E-state index contributed by atoms with van der Waals surface area (Å²) in [5.74, 6) is -2.59. The maximum Gasteiger partial charge on any atom is 0.573 e. The molecule has 1 heterocycles. The van der Waals surface area contributed by atoms with Crippen LogP contribution in [0.15, 0.2) is 66.7 Å². The zero-order chi connectivity index (χ0) is 25.3. The predicted octanol–water partition coefficient (Wildman–Crippen LogP) is 5.23. The Morgan fingerprint density at radius 1 is 0.886 bits per heavy atom. The minimum Gasteiger partial charge on any atom is -0.481 e. The van der Waals surface area contributed by atoms with Crippen LogP contribution < -0.4 is 15.2 Å². The van der Waals surface area contributed by atoms with Crippen molar-refractivity contribution >= 4 is 28.5 Å². The molecule has 0 radical (unpaired) electrons. The molecule has 0 spiro atoms. The maximum atomic E-state index is 12.3. The number of hydrogen-bond acceptors (Lipinski definition) is 5. The second kappa shape index (κ2) is 8.93. The van der Waals surface area contributed by atoms with Crippen LogP contribution in [0.25, 0.3) is 16.6 Å². The predicted molar refractivity (Wildman–Crippen MR) is 119 cm³/mol. The summed E-state index contributed by atoms with van der Waals surface area (Å²) >= 11 is 0. The molecule has 0 aliphatic rings. The number of ether oxygens (including phenoxy) is 2. The largest absolute Gasteiger partial charge is 0.573 e. The van der Waals surface area contributed by atoms with Gasteiger partial charge in [-0.3, -0.25) is 4.79 Å². The summed E-state index contributed by atoms with van der Waals surface area (Å²) in [6, 6.07) is 15.7. The molecule has 4 aromatic rings. The third-order valence-corrected chi connectivity index (χ3v) is 5.01. The van der Waals surface area contributed by atoms with Gasteiger partial charge in [-0.2, -0.15) is 0 Å². The van der Waals surface area contributed by atoms with Gasteiger partial charge in [-0.15, -0.1) is 13.2 Å². The minimum atomic E-state index is -4.83. The van der Waals surface area contributed by atoms with Crippen molar-refractivity contribution in [3.8, 4) is 22.9 Å². The van der Waals surface area contributed by atoms with E-state index in [1.165, 1.54) is 28.8 Å². The van der Waals surface area contributed by atoms with E-state index in [9.17, 15) is 33.0 Å². The Labute approximate surface area is 195 Å². The van der Waals surface area contributed by atoms with E-state index >= 15 is 0 Å². The molecule has 4 N–H and O–H groups in total. The van der Waals surface area contributed by atoms with Crippen molar-refractivity contribution in [1.82, 2.24) is 4.57 Å². The lowest BCUT2D eigenvalue weighted by Crippen LogP contribution is -2.16. The van der Waals surface area contributed by atoms with Crippen molar-refractivity contribution in [2.75, 3.05) is 5.73 Å². The van der Waals surface area contributed by atoms with Gasteiger partial charge >= 0.3 is 18.3 Å². The average Bonchev–Trinajstić information content (AvgIpc) is 3.07. The molecular weight excluding hydrogens is 469 g/mol. The highest BCUT2D eigenvalue weighted by molar-refractivity contribution is 6.07. The lowest BCUT2D eigenvalue weighted by atomic mass is 10.1. The van der Waals surface area contributed by atoms with Gasteiger partial charge in [0, 0.05) is 22.5 Å². The number of rotatable bonds is 7. The van der Waals surface area contributed by atoms with Gasteiger partial charge in [0.2, 0.25) is 0 Å². The normalized spacial score (nSPS) is 11.4. The molecule has 8 nitrogen and oxygen atoms in total. The van der Waals surface area contributed by atoms with Crippen LogP contribution >= 0.6 is 0 Å². The standard InChI is InChI=1S/C24H17F3N2O6/c25-24(26,27)35-16-7-5-15(6-8-16)34-17-9-10-19-18(11-17)22(23(32)33)20(12-21(30)31)29(19)14-3-1-13(28)2-4-14/h1-11H,12,28H2,(H,30,31)(H,32,33). The summed E-state index contributed by atoms with van der Waals surface area (Å²) < 4.78 is 48.1. The number of alkyl halides is 3. The van der Waals surface area contributed by atoms with E-state index in [2.05, 4.69) is 4.74 Å². The van der Waals surface area contributed by atoms with Crippen LogP contribution in [0.5, 0.6) is 17.2 Å². The number of aromatic nitrogens is 1. The second-order valence-corrected chi connectivity index (χ2v) is 7.42. The lowest BCUT2D eigenvalue weighted by Gasteiger charge is -2.11. The molecule has 0 bridgehead atoms. The Morgan fingerprint density at radius 3 is 2.06 bits per heavy atom. The number of halogens is 3. The number of nitrogens with two attached hydrogens (primary N) is 1. The third-order valence-electron chi connectivity index (χ3n) is 5.01. The Morgan fingerprint density at radius 2 is 1.49 bits per heavy atom. The summed E-state index contributed by atoms with van der Waals surface area (Å²) in [6.07, 6.45) is -5.39. The fourth-order valence-electron chi connectivity index (χ4n) is 3.70. The first-order valence-electron chi connectivity index (χ1n) is 10.0. The lowest BCUT2D eigenvalue weighted by molar-refractivity contribution is -0.274. The molecular formula is C24H17F3N2O6. The Kier molecular flexibility index (Phi) is 6.00. The summed E-state index contributed by atoms with van der Waals surface area (Å²) in [5.41, 5.74) is 7.00. The monoisotopic (exact) mass is 486 g/mol. The molecule has 0 unspecified atom stereocenters. The van der Waals surface area contributed by atoms with Gasteiger partial charge in [0.25, 0.3) is 0 Å². The molecule has 3 aromatic carbocycles. The molecule has 0 saturated carbocycles. The summed E-state index contributed by atoms with van der Waals surface area (Å²) in [4.78, 5) is 23.7. The summed E-state index contributed by atoms with van der Waals surface area (Å²) in [7, 11) is 0. The third kappa shape index (κ3) is 5.13. The van der Waals surface area contributed by atoms with Crippen LogP contribution in [0.1, 0.15) is 16.1 Å². The minimum absolute atomic E-state index is 0.0515. The number of aliphatic carboxylic acids is 1. The zero-order valence-corrected chi connectivity index (χ0v) is 17.7.